The molecule has 0 radical (unpaired) electrons. The van der Waals surface area contributed by atoms with Gasteiger partial charge in [0.25, 0.3) is 5.91 Å². The first-order chi connectivity index (χ1) is 18.8. The zero-order chi connectivity index (χ0) is 25.5. The number of pyridine rings is 1. The van der Waals surface area contributed by atoms with E-state index in [0.717, 1.165) is 50.2 Å². The highest BCUT2D eigenvalue weighted by atomic mass is 16.5. The topological polar surface area (TPSA) is 85.8 Å². The fraction of sp³-hybridized carbons (Fsp3) is 0.0323. The van der Waals surface area contributed by atoms with Gasteiger partial charge in [-0.1, -0.05) is 78.0 Å². The number of fused-ring (bicyclic) bond motifs is 2. The molecule has 182 valence electrons. The van der Waals surface area contributed by atoms with E-state index in [4.69, 9.17) is 9.62 Å². The minimum Gasteiger partial charge on any atom is -0.363 e. The van der Waals surface area contributed by atoms with Crippen molar-refractivity contribution in [1.82, 2.24) is 19.9 Å². The molecule has 0 atom stereocenters. The number of carbonyl (C=O) groups excluding carboxylic acids is 1. The van der Waals surface area contributed by atoms with Crippen LogP contribution in [0.4, 0.5) is 5.82 Å². The number of nitrogens with zero attached hydrogens (tertiary/aromatic N) is 4. The van der Waals surface area contributed by atoms with Crippen molar-refractivity contribution in [2.75, 3.05) is 5.32 Å². The van der Waals surface area contributed by atoms with Gasteiger partial charge in [-0.2, -0.15) is 9.78 Å². The fourth-order valence-electron chi connectivity index (χ4n) is 5.05. The van der Waals surface area contributed by atoms with E-state index in [1.54, 1.807) is 16.9 Å². The summed E-state index contributed by atoms with van der Waals surface area (Å²) in [6, 6.07) is 31.5. The Balaban J connectivity index is 1.45. The van der Waals surface area contributed by atoms with Crippen LogP contribution < -0.4 is 5.32 Å². The molecule has 0 amide bonds. The number of benzene rings is 3. The van der Waals surface area contributed by atoms with E-state index in [2.05, 4.69) is 27.6 Å². The van der Waals surface area contributed by atoms with Crippen LogP contribution in [0.25, 0.3) is 38.9 Å². The lowest BCUT2D eigenvalue weighted by Crippen LogP contribution is -2.26. The van der Waals surface area contributed by atoms with Crippen molar-refractivity contribution in [2.24, 2.45) is 0 Å². The van der Waals surface area contributed by atoms with Crippen molar-refractivity contribution in [3.63, 3.8) is 0 Å². The molecule has 0 saturated heterocycles. The molecular weight excluding hydrogens is 474 g/mol. The molecule has 1 N–H and O–H groups in total. The Morgan fingerprint density at radius 3 is 2.37 bits per heavy atom. The number of anilines is 1. The Hall–Kier alpha value is -5.30. The van der Waals surface area contributed by atoms with Crippen molar-refractivity contribution in [3.8, 4) is 22.4 Å². The lowest BCUT2D eigenvalue weighted by Gasteiger charge is -2.22. The molecule has 7 nitrogen and oxygen atoms in total. The van der Waals surface area contributed by atoms with E-state index >= 15 is 0 Å². The molecule has 0 spiro atoms. The highest BCUT2D eigenvalue weighted by molar-refractivity contribution is 6.23. The van der Waals surface area contributed by atoms with Gasteiger partial charge in [0, 0.05) is 40.9 Å². The third-order valence-electron chi connectivity index (χ3n) is 6.75. The van der Waals surface area contributed by atoms with E-state index in [-0.39, 0.29) is 5.91 Å². The Bertz CT molecular complexity index is 1820. The summed E-state index contributed by atoms with van der Waals surface area (Å²) < 4.78 is 6.62. The molecule has 0 aliphatic carbocycles. The molecule has 38 heavy (non-hydrogen) atoms. The van der Waals surface area contributed by atoms with E-state index in [9.17, 15) is 4.79 Å². The number of carbonyl (C=O) groups is 1. The zero-order valence-electron chi connectivity index (χ0n) is 20.2. The average molecular weight is 496 g/mol. The second-order valence-corrected chi connectivity index (χ2v) is 9.07. The average Bonchev–Trinajstić information content (AvgIpc) is 3.62. The summed E-state index contributed by atoms with van der Waals surface area (Å²) in [5.41, 5.74) is 7.39. The fourth-order valence-corrected chi connectivity index (χ4v) is 5.05. The summed E-state index contributed by atoms with van der Waals surface area (Å²) in [6.07, 6.45) is 3.71. The van der Waals surface area contributed by atoms with E-state index < -0.39 is 0 Å². The molecule has 1 aliphatic rings. The van der Waals surface area contributed by atoms with Gasteiger partial charge in [0.1, 0.15) is 12.0 Å². The smallest absolute Gasteiger partial charge is 0.280 e. The monoisotopic (exact) mass is 495 g/mol. The van der Waals surface area contributed by atoms with E-state index in [0.29, 0.717) is 17.8 Å². The molecule has 1 aliphatic heterocycles. The van der Waals surface area contributed by atoms with Gasteiger partial charge in [-0.25, -0.2) is 0 Å². The standard InChI is InChI=1S/C31H21N5O2/c37-31-28(23-13-14-24-22(18-23)12-7-16-32-24)25(33-27-15-17-38-35-27)19-26-29(20-8-3-1-4-9-20)30(34-36(26)31)21-10-5-2-6-11-21/h1-18H,19H2,(H,33,35). The SMILES string of the molecule is O=C1C(c2ccc3ncccc3c2)=C(Nc2ccon2)Cc2c(-c3ccccc3)c(-c3ccccc3)nn21. The van der Waals surface area contributed by atoms with Crippen molar-refractivity contribution < 1.29 is 9.32 Å². The normalized spacial score (nSPS) is 13.1. The Labute approximate surface area is 218 Å². The summed E-state index contributed by atoms with van der Waals surface area (Å²) in [7, 11) is 0. The molecule has 0 saturated carbocycles. The Morgan fingerprint density at radius 1 is 0.816 bits per heavy atom. The molecule has 3 aromatic carbocycles. The van der Waals surface area contributed by atoms with Gasteiger partial charge in [-0.3, -0.25) is 9.78 Å². The summed E-state index contributed by atoms with van der Waals surface area (Å²) >= 11 is 0. The number of hydrogen-bond acceptors (Lipinski definition) is 6. The minimum absolute atomic E-state index is 0.208. The number of aromatic nitrogens is 4. The molecule has 7 rings (SSSR count). The lowest BCUT2D eigenvalue weighted by atomic mass is 9.92. The number of allylic oxidation sites excluding steroid dienone is 2. The summed E-state index contributed by atoms with van der Waals surface area (Å²) in [5, 5.41) is 13.3. The first-order valence-corrected chi connectivity index (χ1v) is 12.3. The van der Waals surface area contributed by atoms with Crippen LogP contribution in [0.2, 0.25) is 0 Å². The molecular formula is C31H21N5O2. The molecule has 0 fully saturated rings. The van der Waals surface area contributed by atoms with Crippen molar-refractivity contribution in [3.05, 3.63) is 126 Å². The molecule has 4 heterocycles. The van der Waals surface area contributed by atoms with Crippen LogP contribution in [-0.2, 0) is 6.42 Å². The zero-order valence-corrected chi connectivity index (χ0v) is 20.2. The van der Waals surface area contributed by atoms with Crippen LogP contribution in [0.3, 0.4) is 0 Å². The van der Waals surface area contributed by atoms with Gasteiger partial charge in [-0.05, 0) is 29.3 Å². The van der Waals surface area contributed by atoms with Crippen LogP contribution >= 0.6 is 0 Å². The van der Waals surface area contributed by atoms with Crippen LogP contribution in [0.5, 0.6) is 0 Å². The quantitative estimate of drug-likeness (QED) is 0.295. The number of hydrogen-bond donors (Lipinski definition) is 1. The maximum atomic E-state index is 14.3. The third-order valence-corrected chi connectivity index (χ3v) is 6.75. The second kappa shape index (κ2) is 8.97. The molecule has 0 unspecified atom stereocenters. The van der Waals surface area contributed by atoms with Crippen LogP contribution in [0, 0.1) is 0 Å². The summed E-state index contributed by atoms with van der Waals surface area (Å²) in [5.74, 6) is 0.324. The van der Waals surface area contributed by atoms with Gasteiger partial charge in [0.15, 0.2) is 5.82 Å². The number of nitrogens with one attached hydrogen (secondary N) is 1. The van der Waals surface area contributed by atoms with Gasteiger partial charge in [-0.15, -0.1) is 0 Å². The van der Waals surface area contributed by atoms with Crippen LogP contribution in [0.15, 0.2) is 120 Å². The maximum Gasteiger partial charge on any atom is 0.280 e. The van der Waals surface area contributed by atoms with Gasteiger partial charge in [0.05, 0.1) is 16.8 Å². The molecule has 3 aromatic heterocycles. The lowest BCUT2D eigenvalue weighted by molar-refractivity contribution is 0.0958. The summed E-state index contributed by atoms with van der Waals surface area (Å²) in [4.78, 5) is 18.7. The second-order valence-electron chi connectivity index (χ2n) is 9.07. The van der Waals surface area contributed by atoms with Crippen molar-refractivity contribution >= 4 is 28.2 Å². The predicted molar refractivity (Wildman–Crippen MR) is 146 cm³/mol. The van der Waals surface area contributed by atoms with E-state index in [1.807, 2.05) is 78.9 Å². The van der Waals surface area contributed by atoms with Gasteiger partial charge >= 0.3 is 0 Å². The largest absolute Gasteiger partial charge is 0.363 e. The predicted octanol–water partition coefficient (Wildman–Crippen LogP) is 6.47. The Morgan fingerprint density at radius 2 is 1.61 bits per heavy atom. The van der Waals surface area contributed by atoms with Crippen molar-refractivity contribution in [1.29, 1.82) is 0 Å². The van der Waals surface area contributed by atoms with Crippen LogP contribution in [-0.4, -0.2) is 25.8 Å². The molecule has 6 aromatic rings. The summed E-state index contributed by atoms with van der Waals surface area (Å²) in [6.45, 7) is 0. The minimum atomic E-state index is -0.208. The van der Waals surface area contributed by atoms with E-state index in [1.165, 1.54) is 6.26 Å². The molecule has 7 heteroatoms. The maximum absolute atomic E-state index is 14.3. The first kappa shape index (κ1) is 21.9. The number of rotatable bonds is 5. The Kier molecular flexibility index (Phi) is 5.18. The van der Waals surface area contributed by atoms with Crippen LogP contribution in [0.1, 0.15) is 16.1 Å². The van der Waals surface area contributed by atoms with Gasteiger partial charge in [0.2, 0.25) is 0 Å². The highest BCUT2D eigenvalue weighted by Gasteiger charge is 2.33. The highest BCUT2D eigenvalue weighted by Crippen LogP contribution is 2.40. The van der Waals surface area contributed by atoms with Gasteiger partial charge < -0.3 is 9.84 Å². The first-order valence-electron chi connectivity index (χ1n) is 12.3. The molecule has 0 bridgehead atoms. The van der Waals surface area contributed by atoms with Crippen molar-refractivity contribution in [2.45, 2.75) is 6.42 Å². The third kappa shape index (κ3) is 3.69.